The van der Waals surface area contributed by atoms with Crippen molar-refractivity contribution in [2.24, 2.45) is 5.41 Å². The van der Waals surface area contributed by atoms with E-state index >= 15 is 0 Å². The lowest BCUT2D eigenvalue weighted by atomic mass is 9.98. The summed E-state index contributed by atoms with van der Waals surface area (Å²) >= 11 is 0. The van der Waals surface area contributed by atoms with E-state index in [9.17, 15) is 0 Å². The minimum Gasteiger partial charge on any atom is -0.374 e. The van der Waals surface area contributed by atoms with Crippen LogP contribution < -0.4 is 0 Å². The summed E-state index contributed by atoms with van der Waals surface area (Å²) < 4.78 is 11.1. The molecule has 96 valence electrons. The zero-order valence-corrected chi connectivity index (χ0v) is 11.3. The fraction of sp³-hybridized carbons (Fsp3) is 0.500. The fourth-order valence-corrected chi connectivity index (χ4v) is 1.55. The second-order valence-corrected chi connectivity index (χ2v) is 5.62. The molecule has 1 aliphatic heterocycles. The lowest BCUT2D eigenvalue weighted by molar-refractivity contribution is 0.104. The molecular formula is C16H20O2. The van der Waals surface area contributed by atoms with Crippen LogP contribution in [0.2, 0.25) is 0 Å². The first-order valence-corrected chi connectivity index (χ1v) is 6.34. The van der Waals surface area contributed by atoms with Gasteiger partial charge in [0.25, 0.3) is 0 Å². The van der Waals surface area contributed by atoms with Gasteiger partial charge in [0.05, 0.1) is 13.2 Å². The number of epoxide rings is 1. The Morgan fingerprint density at radius 2 is 1.94 bits per heavy atom. The molecular weight excluding hydrogens is 224 g/mol. The van der Waals surface area contributed by atoms with Gasteiger partial charge in [0.2, 0.25) is 0 Å². The van der Waals surface area contributed by atoms with Crippen LogP contribution in [0.4, 0.5) is 0 Å². The highest BCUT2D eigenvalue weighted by atomic mass is 16.6. The van der Waals surface area contributed by atoms with E-state index in [2.05, 4.69) is 44.7 Å². The molecule has 1 aromatic rings. The molecule has 1 fully saturated rings. The van der Waals surface area contributed by atoms with Crippen LogP contribution in [0.1, 0.15) is 26.3 Å². The topological polar surface area (TPSA) is 21.8 Å². The molecule has 0 aromatic heterocycles. The maximum atomic E-state index is 5.61. The van der Waals surface area contributed by atoms with Crippen LogP contribution in [0.25, 0.3) is 0 Å². The second-order valence-electron chi connectivity index (χ2n) is 5.62. The number of hydrogen-bond donors (Lipinski definition) is 0. The molecule has 1 aliphatic rings. The minimum absolute atomic E-state index is 0.0431. The van der Waals surface area contributed by atoms with Crippen LogP contribution in [-0.2, 0) is 16.1 Å². The molecule has 1 aromatic carbocycles. The van der Waals surface area contributed by atoms with Gasteiger partial charge < -0.3 is 9.47 Å². The van der Waals surface area contributed by atoms with Gasteiger partial charge in [0.1, 0.15) is 12.2 Å². The molecule has 1 saturated heterocycles. The Bertz CT molecular complexity index is 434. The van der Waals surface area contributed by atoms with E-state index in [4.69, 9.17) is 9.47 Å². The third-order valence-electron chi connectivity index (χ3n) is 2.57. The van der Waals surface area contributed by atoms with E-state index in [1.165, 1.54) is 5.56 Å². The lowest BCUT2D eigenvalue weighted by Gasteiger charge is -2.06. The Balaban J connectivity index is 1.67. The summed E-state index contributed by atoms with van der Waals surface area (Å²) in [5.41, 5.74) is 1.23. The SMILES string of the molecule is CC(C)(C)C#C[C@@H]1O[C@H]1COCc1ccccc1. The number of rotatable bonds is 4. The molecule has 0 radical (unpaired) electrons. The summed E-state index contributed by atoms with van der Waals surface area (Å²) in [6.07, 6.45) is 0.226. The molecule has 0 bridgehead atoms. The van der Waals surface area contributed by atoms with Crippen molar-refractivity contribution in [3.8, 4) is 11.8 Å². The summed E-state index contributed by atoms with van der Waals surface area (Å²) in [6, 6.07) is 10.2. The quantitative estimate of drug-likeness (QED) is 0.600. The third-order valence-corrected chi connectivity index (χ3v) is 2.57. The van der Waals surface area contributed by atoms with Gasteiger partial charge in [0.15, 0.2) is 0 Å². The Morgan fingerprint density at radius 1 is 1.22 bits per heavy atom. The Labute approximate surface area is 109 Å². The molecule has 0 unspecified atom stereocenters. The summed E-state index contributed by atoms with van der Waals surface area (Å²) in [6.45, 7) is 7.56. The van der Waals surface area contributed by atoms with Crippen molar-refractivity contribution in [1.82, 2.24) is 0 Å². The summed E-state index contributed by atoms with van der Waals surface area (Å²) in [4.78, 5) is 0. The van der Waals surface area contributed by atoms with Crippen LogP contribution in [0.3, 0.4) is 0 Å². The Morgan fingerprint density at radius 3 is 2.61 bits per heavy atom. The highest BCUT2D eigenvalue weighted by Crippen LogP contribution is 2.23. The largest absolute Gasteiger partial charge is 0.374 e. The summed E-state index contributed by atoms with van der Waals surface area (Å²) in [5, 5.41) is 0. The lowest BCUT2D eigenvalue weighted by Crippen LogP contribution is -2.05. The first-order valence-electron chi connectivity index (χ1n) is 6.34. The van der Waals surface area contributed by atoms with Crippen molar-refractivity contribution in [2.75, 3.05) is 6.61 Å². The molecule has 2 atom stereocenters. The molecule has 1 heterocycles. The Kier molecular flexibility index (Phi) is 4.06. The standard InChI is InChI=1S/C16H20O2/c1-16(2,3)10-9-14-15(18-14)12-17-11-13-7-5-4-6-8-13/h4-8,14-15H,11-12H2,1-3H3/t14-,15-/m0/s1. The van der Waals surface area contributed by atoms with Crippen molar-refractivity contribution in [3.05, 3.63) is 35.9 Å². The van der Waals surface area contributed by atoms with Gasteiger partial charge in [-0.3, -0.25) is 0 Å². The third kappa shape index (κ3) is 4.52. The first kappa shape index (κ1) is 13.1. The monoisotopic (exact) mass is 244 g/mol. The maximum Gasteiger partial charge on any atom is 0.147 e. The molecule has 0 spiro atoms. The average molecular weight is 244 g/mol. The molecule has 18 heavy (non-hydrogen) atoms. The van der Waals surface area contributed by atoms with E-state index < -0.39 is 0 Å². The smallest absolute Gasteiger partial charge is 0.147 e. The van der Waals surface area contributed by atoms with Gasteiger partial charge >= 0.3 is 0 Å². The average Bonchev–Trinajstić information content (AvgIpc) is 3.06. The van der Waals surface area contributed by atoms with E-state index in [1.807, 2.05) is 18.2 Å². The molecule has 2 rings (SSSR count). The zero-order chi connectivity index (χ0) is 13.0. The summed E-state index contributed by atoms with van der Waals surface area (Å²) in [7, 11) is 0. The van der Waals surface area contributed by atoms with Crippen molar-refractivity contribution >= 4 is 0 Å². The van der Waals surface area contributed by atoms with Gasteiger partial charge in [-0.05, 0) is 26.3 Å². The first-order chi connectivity index (χ1) is 8.54. The number of ether oxygens (including phenoxy) is 2. The fourth-order valence-electron chi connectivity index (χ4n) is 1.55. The minimum atomic E-state index is 0.0431. The Hall–Kier alpha value is -1.30. The van der Waals surface area contributed by atoms with Crippen LogP contribution in [0, 0.1) is 17.3 Å². The number of hydrogen-bond acceptors (Lipinski definition) is 2. The highest BCUT2D eigenvalue weighted by molar-refractivity contribution is 5.18. The van der Waals surface area contributed by atoms with Crippen LogP contribution >= 0.6 is 0 Å². The molecule has 2 nitrogen and oxygen atoms in total. The van der Waals surface area contributed by atoms with Crippen LogP contribution in [0.5, 0.6) is 0 Å². The van der Waals surface area contributed by atoms with Gasteiger partial charge in [-0.1, -0.05) is 42.2 Å². The predicted octanol–water partition coefficient (Wildman–Crippen LogP) is 3.02. The van der Waals surface area contributed by atoms with Crippen molar-refractivity contribution in [3.63, 3.8) is 0 Å². The van der Waals surface area contributed by atoms with E-state index in [1.54, 1.807) is 0 Å². The second kappa shape index (κ2) is 5.56. The van der Waals surface area contributed by atoms with Crippen LogP contribution in [0.15, 0.2) is 30.3 Å². The predicted molar refractivity (Wildman–Crippen MR) is 72.0 cm³/mol. The maximum absolute atomic E-state index is 5.61. The highest BCUT2D eigenvalue weighted by Gasteiger charge is 2.37. The van der Waals surface area contributed by atoms with Gasteiger partial charge in [0, 0.05) is 5.41 Å². The van der Waals surface area contributed by atoms with Crippen molar-refractivity contribution < 1.29 is 9.47 Å². The summed E-state index contributed by atoms with van der Waals surface area (Å²) in [5.74, 6) is 6.33. The number of benzene rings is 1. The van der Waals surface area contributed by atoms with Crippen LogP contribution in [-0.4, -0.2) is 18.8 Å². The molecule has 0 saturated carbocycles. The zero-order valence-electron chi connectivity index (χ0n) is 11.3. The van der Waals surface area contributed by atoms with Crippen molar-refractivity contribution in [2.45, 2.75) is 39.6 Å². The van der Waals surface area contributed by atoms with Gasteiger partial charge in [-0.2, -0.15) is 0 Å². The van der Waals surface area contributed by atoms with Gasteiger partial charge in [-0.25, -0.2) is 0 Å². The van der Waals surface area contributed by atoms with E-state index in [0.29, 0.717) is 13.2 Å². The van der Waals surface area contributed by atoms with E-state index in [-0.39, 0.29) is 17.6 Å². The normalized spacial score (nSPS) is 22.2. The van der Waals surface area contributed by atoms with Gasteiger partial charge in [-0.15, -0.1) is 0 Å². The molecule has 0 aliphatic carbocycles. The molecule has 0 amide bonds. The van der Waals surface area contributed by atoms with E-state index in [0.717, 1.165) is 0 Å². The van der Waals surface area contributed by atoms with Crippen molar-refractivity contribution in [1.29, 1.82) is 0 Å². The molecule has 2 heteroatoms. The molecule has 0 N–H and O–H groups in total.